The predicted molar refractivity (Wildman–Crippen MR) is 62.6 cm³/mol. The van der Waals surface area contributed by atoms with E-state index in [9.17, 15) is 0 Å². The van der Waals surface area contributed by atoms with Gasteiger partial charge in [-0.15, -0.1) is 11.3 Å². The van der Waals surface area contributed by atoms with E-state index in [2.05, 4.69) is 24.2 Å². The summed E-state index contributed by atoms with van der Waals surface area (Å²) < 4.78 is 0. The zero-order valence-corrected chi connectivity index (χ0v) is 10.1. The molecule has 0 saturated heterocycles. The number of nitrogens with zero attached hydrogens (tertiary/aromatic N) is 1. The molecule has 0 fully saturated rings. The Morgan fingerprint density at radius 3 is 2.64 bits per heavy atom. The monoisotopic (exact) mass is 212 g/mol. The van der Waals surface area contributed by atoms with Crippen LogP contribution in [0, 0.1) is 12.8 Å². The molecule has 2 nitrogen and oxygen atoms in total. The lowest BCUT2D eigenvalue weighted by molar-refractivity contribution is 0.494. The summed E-state index contributed by atoms with van der Waals surface area (Å²) >= 11 is 1.72. The highest BCUT2D eigenvalue weighted by molar-refractivity contribution is 7.09. The van der Waals surface area contributed by atoms with Crippen LogP contribution < -0.4 is 5.73 Å². The van der Waals surface area contributed by atoms with E-state index in [1.807, 2.05) is 6.92 Å². The van der Waals surface area contributed by atoms with Crippen LogP contribution in [0.2, 0.25) is 0 Å². The minimum atomic E-state index is 0.281. The van der Waals surface area contributed by atoms with Crippen LogP contribution in [0.25, 0.3) is 0 Å². The Kier molecular flexibility index (Phi) is 4.55. The molecule has 0 aromatic carbocycles. The van der Waals surface area contributed by atoms with Gasteiger partial charge in [0.2, 0.25) is 0 Å². The second kappa shape index (κ2) is 5.47. The fourth-order valence-electron chi connectivity index (χ4n) is 1.37. The lowest BCUT2D eigenvalue weighted by Gasteiger charge is -2.11. The molecule has 2 N–H and O–H groups in total. The zero-order chi connectivity index (χ0) is 10.6. The summed E-state index contributed by atoms with van der Waals surface area (Å²) in [6, 6.07) is 0.281. The lowest BCUT2D eigenvalue weighted by atomic mass is 10.0. The highest BCUT2D eigenvalue weighted by Crippen LogP contribution is 2.13. The van der Waals surface area contributed by atoms with Gasteiger partial charge in [-0.25, -0.2) is 4.98 Å². The molecular formula is C11H20N2S. The highest BCUT2D eigenvalue weighted by Gasteiger charge is 2.07. The molecule has 1 aromatic heterocycles. The SMILES string of the molecule is Cc1csc(CC(N)CCC(C)C)n1. The summed E-state index contributed by atoms with van der Waals surface area (Å²) in [4.78, 5) is 4.42. The molecule has 0 aliphatic heterocycles. The van der Waals surface area contributed by atoms with Gasteiger partial charge >= 0.3 is 0 Å². The molecule has 0 spiro atoms. The number of nitrogens with two attached hydrogens (primary N) is 1. The maximum atomic E-state index is 6.03. The summed E-state index contributed by atoms with van der Waals surface area (Å²) in [5, 5.41) is 3.27. The number of thiazole rings is 1. The molecule has 0 amide bonds. The summed E-state index contributed by atoms with van der Waals surface area (Å²) in [7, 11) is 0. The number of aryl methyl sites for hydroxylation is 1. The van der Waals surface area contributed by atoms with Crippen LogP contribution in [0.15, 0.2) is 5.38 Å². The van der Waals surface area contributed by atoms with Crippen molar-refractivity contribution in [2.45, 2.75) is 46.1 Å². The van der Waals surface area contributed by atoms with E-state index >= 15 is 0 Å². The Morgan fingerprint density at radius 1 is 1.43 bits per heavy atom. The van der Waals surface area contributed by atoms with Crippen LogP contribution in [-0.4, -0.2) is 11.0 Å². The first kappa shape index (κ1) is 11.7. The normalized spacial score (nSPS) is 13.5. The van der Waals surface area contributed by atoms with Crippen molar-refractivity contribution in [3.63, 3.8) is 0 Å². The number of hydrogen-bond acceptors (Lipinski definition) is 3. The van der Waals surface area contributed by atoms with Crippen molar-refractivity contribution in [2.24, 2.45) is 11.7 Å². The van der Waals surface area contributed by atoms with Crippen LogP contribution in [0.1, 0.15) is 37.4 Å². The van der Waals surface area contributed by atoms with Gasteiger partial charge in [0.05, 0.1) is 5.01 Å². The van der Waals surface area contributed by atoms with E-state index in [4.69, 9.17) is 5.73 Å². The Labute approximate surface area is 90.6 Å². The Balaban J connectivity index is 2.30. The van der Waals surface area contributed by atoms with Gasteiger partial charge in [-0.2, -0.15) is 0 Å². The first-order valence-corrected chi connectivity index (χ1v) is 6.12. The second-order valence-electron chi connectivity index (χ2n) is 4.32. The highest BCUT2D eigenvalue weighted by atomic mass is 32.1. The van der Waals surface area contributed by atoms with Gasteiger partial charge in [0.15, 0.2) is 0 Å². The van der Waals surface area contributed by atoms with Gasteiger partial charge in [-0.05, 0) is 25.7 Å². The molecule has 80 valence electrons. The van der Waals surface area contributed by atoms with E-state index < -0.39 is 0 Å². The fourth-order valence-corrected chi connectivity index (χ4v) is 2.24. The molecule has 1 heterocycles. The van der Waals surface area contributed by atoms with Crippen LogP contribution in [0.4, 0.5) is 0 Å². The maximum Gasteiger partial charge on any atom is 0.0943 e. The van der Waals surface area contributed by atoms with Crippen LogP contribution in [0.5, 0.6) is 0 Å². The summed E-state index contributed by atoms with van der Waals surface area (Å²) in [5.41, 5.74) is 7.14. The molecule has 0 radical (unpaired) electrons. The van der Waals surface area contributed by atoms with Gasteiger partial charge in [0.25, 0.3) is 0 Å². The molecular weight excluding hydrogens is 192 g/mol. The largest absolute Gasteiger partial charge is 0.327 e. The van der Waals surface area contributed by atoms with E-state index in [1.54, 1.807) is 11.3 Å². The van der Waals surface area contributed by atoms with Crippen molar-refractivity contribution in [1.82, 2.24) is 4.98 Å². The third-order valence-corrected chi connectivity index (χ3v) is 3.21. The van der Waals surface area contributed by atoms with Crippen molar-refractivity contribution < 1.29 is 0 Å². The molecule has 1 aromatic rings. The first-order chi connectivity index (χ1) is 6.58. The minimum absolute atomic E-state index is 0.281. The summed E-state index contributed by atoms with van der Waals surface area (Å²) in [6.45, 7) is 6.50. The van der Waals surface area contributed by atoms with Gasteiger partial charge in [-0.3, -0.25) is 0 Å². The maximum absolute atomic E-state index is 6.03. The number of hydrogen-bond donors (Lipinski definition) is 1. The van der Waals surface area contributed by atoms with Crippen molar-refractivity contribution >= 4 is 11.3 Å². The van der Waals surface area contributed by atoms with Crippen LogP contribution in [0.3, 0.4) is 0 Å². The fraction of sp³-hybridized carbons (Fsp3) is 0.727. The predicted octanol–water partition coefficient (Wildman–Crippen LogP) is 2.76. The molecule has 1 unspecified atom stereocenters. The second-order valence-corrected chi connectivity index (χ2v) is 5.26. The van der Waals surface area contributed by atoms with Crippen LogP contribution in [-0.2, 0) is 6.42 Å². The standard InChI is InChI=1S/C11H20N2S/c1-8(2)4-5-10(12)6-11-13-9(3)7-14-11/h7-8,10H,4-6,12H2,1-3H3. The molecule has 0 aliphatic carbocycles. The minimum Gasteiger partial charge on any atom is -0.327 e. The van der Waals surface area contributed by atoms with E-state index in [0.29, 0.717) is 0 Å². The first-order valence-electron chi connectivity index (χ1n) is 5.24. The van der Waals surface area contributed by atoms with Crippen molar-refractivity contribution in [3.8, 4) is 0 Å². The van der Waals surface area contributed by atoms with Crippen molar-refractivity contribution in [1.29, 1.82) is 0 Å². The van der Waals surface area contributed by atoms with Crippen molar-refractivity contribution in [3.05, 3.63) is 16.1 Å². The van der Waals surface area contributed by atoms with Crippen LogP contribution >= 0.6 is 11.3 Å². The van der Waals surface area contributed by atoms with Gasteiger partial charge in [0, 0.05) is 23.5 Å². The third kappa shape index (κ3) is 4.20. The lowest BCUT2D eigenvalue weighted by Crippen LogP contribution is -2.23. The average molecular weight is 212 g/mol. The smallest absolute Gasteiger partial charge is 0.0943 e. The van der Waals surface area contributed by atoms with E-state index in [0.717, 1.165) is 24.5 Å². The third-order valence-electron chi connectivity index (χ3n) is 2.22. The average Bonchev–Trinajstić information content (AvgIpc) is 2.48. The Bertz CT molecular complexity index is 268. The molecule has 0 bridgehead atoms. The topological polar surface area (TPSA) is 38.9 Å². The van der Waals surface area contributed by atoms with E-state index in [1.165, 1.54) is 11.4 Å². The molecule has 3 heteroatoms. The summed E-state index contributed by atoms with van der Waals surface area (Å²) in [6.07, 6.45) is 3.26. The molecule has 1 atom stereocenters. The molecule has 0 saturated carbocycles. The van der Waals surface area contributed by atoms with Gasteiger partial charge in [-0.1, -0.05) is 13.8 Å². The molecule has 0 aliphatic rings. The van der Waals surface area contributed by atoms with Gasteiger partial charge < -0.3 is 5.73 Å². The molecule has 14 heavy (non-hydrogen) atoms. The molecule has 1 rings (SSSR count). The Morgan fingerprint density at radius 2 is 2.14 bits per heavy atom. The number of aromatic nitrogens is 1. The number of rotatable bonds is 5. The quantitative estimate of drug-likeness (QED) is 0.815. The Hall–Kier alpha value is -0.410. The van der Waals surface area contributed by atoms with E-state index in [-0.39, 0.29) is 6.04 Å². The van der Waals surface area contributed by atoms with Gasteiger partial charge in [0.1, 0.15) is 0 Å². The summed E-state index contributed by atoms with van der Waals surface area (Å²) in [5.74, 6) is 0.749. The van der Waals surface area contributed by atoms with Crippen molar-refractivity contribution in [2.75, 3.05) is 0 Å². The zero-order valence-electron chi connectivity index (χ0n) is 9.29.